The summed E-state index contributed by atoms with van der Waals surface area (Å²) >= 11 is 1.47. The Morgan fingerprint density at radius 3 is 2.61 bits per heavy atom. The van der Waals surface area contributed by atoms with E-state index in [1.54, 1.807) is 0 Å². The summed E-state index contributed by atoms with van der Waals surface area (Å²) in [6, 6.07) is 3.74. The fourth-order valence-electron chi connectivity index (χ4n) is 2.78. The van der Waals surface area contributed by atoms with Gasteiger partial charge >= 0.3 is 5.97 Å². The molecule has 18 heavy (non-hydrogen) atoms. The Kier molecular flexibility index (Phi) is 4.17. The highest BCUT2D eigenvalue weighted by Gasteiger charge is 2.38. The first-order valence-electron chi connectivity index (χ1n) is 6.29. The van der Waals surface area contributed by atoms with Gasteiger partial charge in [-0.25, -0.2) is 0 Å². The molecule has 1 aromatic rings. The third-order valence-corrected chi connectivity index (χ3v) is 4.65. The van der Waals surface area contributed by atoms with Crippen molar-refractivity contribution in [1.29, 1.82) is 0 Å². The highest BCUT2D eigenvalue weighted by molar-refractivity contribution is 7.12. The molecule has 0 amide bonds. The molecule has 2 rings (SSSR count). The van der Waals surface area contributed by atoms with Crippen LogP contribution < -0.4 is 0 Å². The van der Waals surface area contributed by atoms with E-state index in [0.717, 1.165) is 30.6 Å². The number of ether oxygens (including phenoxy) is 1. The molecule has 0 atom stereocenters. The van der Waals surface area contributed by atoms with Gasteiger partial charge in [0.1, 0.15) is 0 Å². The van der Waals surface area contributed by atoms with Crippen molar-refractivity contribution >= 4 is 23.1 Å². The van der Waals surface area contributed by atoms with Crippen LogP contribution in [0.2, 0.25) is 0 Å². The molecular formula is C14H18O3S. The zero-order valence-corrected chi connectivity index (χ0v) is 11.4. The molecule has 0 N–H and O–H groups in total. The number of rotatable bonds is 5. The topological polar surface area (TPSA) is 43.4 Å². The second-order valence-corrected chi connectivity index (χ2v) is 5.98. The van der Waals surface area contributed by atoms with Crippen LogP contribution in [0.25, 0.3) is 0 Å². The van der Waals surface area contributed by atoms with Crippen molar-refractivity contribution in [1.82, 2.24) is 0 Å². The lowest BCUT2D eigenvalue weighted by Gasteiger charge is -2.26. The van der Waals surface area contributed by atoms with Gasteiger partial charge in [-0.15, -0.1) is 11.3 Å². The van der Waals surface area contributed by atoms with Crippen LogP contribution in [0.15, 0.2) is 17.5 Å². The van der Waals surface area contributed by atoms with E-state index in [2.05, 4.69) is 0 Å². The van der Waals surface area contributed by atoms with Crippen LogP contribution in [0.1, 0.15) is 48.2 Å². The van der Waals surface area contributed by atoms with Gasteiger partial charge in [0.25, 0.3) is 0 Å². The van der Waals surface area contributed by atoms with Gasteiger partial charge in [-0.3, -0.25) is 9.59 Å². The van der Waals surface area contributed by atoms with E-state index in [-0.39, 0.29) is 17.2 Å². The van der Waals surface area contributed by atoms with E-state index >= 15 is 0 Å². The van der Waals surface area contributed by atoms with Crippen molar-refractivity contribution in [3.05, 3.63) is 22.4 Å². The summed E-state index contributed by atoms with van der Waals surface area (Å²) < 4.78 is 4.76. The molecule has 1 heterocycles. The highest BCUT2D eigenvalue weighted by atomic mass is 32.1. The molecule has 3 nitrogen and oxygen atoms in total. The average Bonchev–Trinajstić information content (AvgIpc) is 3.00. The number of esters is 1. The Bertz CT molecular complexity index is 416. The molecule has 98 valence electrons. The molecule has 1 aromatic heterocycles. The third kappa shape index (κ3) is 2.99. The Morgan fingerprint density at radius 2 is 2.06 bits per heavy atom. The van der Waals surface area contributed by atoms with Gasteiger partial charge < -0.3 is 4.74 Å². The molecule has 0 bridgehead atoms. The molecule has 0 spiro atoms. The van der Waals surface area contributed by atoms with Crippen molar-refractivity contribution in [2.45, 2.75) is 38.5 Å². The molecule has 0 aromatic carbocycles. The number of carbonyl (C=O) groups excluding carboxylic acids is 2. The van der Waals surface area contributed by atoms with E-state index in [1.807, 2.05) is 17.5 Å². The van der Waals surface area contributed by atoms with Gasteiger partial charge in [0.2, 0.25) is 0 Å². The lowest BCUT2D eigenvalue weighted by atomic mass is 9.78. The molecule has 0 radical (unpaired) electrons. The maximum Gasteiger partial charge on any atom is 0.306 e. The molecule has 4 heteroatoms. The molecular weight excluding hydrogens is 248 g/mol. The fourth-order valence-corrected chi connectivity index (χ4v) is 3.45. The minimum Gasteiger partial charge on any atom is -0.469 e. The van der Waals surface area contributed by atoms with Gasteiger partial charge in [0.15, 0.2) is 5.78 Å². The van der Waals surface area contributed by atoms with Crippen LogP contribution in [0.4, 0.5) is 0 Å². The van der Waals surface area contributed by atoms with Gasteiger partial charge in [0, 0.05) is 6.42 Å². The zero-order chi connectivity index (χ0) is 13.0. The normalized spacial score (nSPS) is 17.6. The lowest BCUT2D eigenvalue weighted by molar-refractivity contribution is -0.143. The fraction of sp³-hybridized carbons (Fsp3) is 0.571. The quantitative estimate of drug-likeness (QED) is 0.605. The largest absolute Gasteiger partial charge is 0.469 e. The molecule has 1 fully saturated rings. The van der Waals surface area contributed by atoms with Crippen LogP contribution in [0.5, 0.6) is 0 Å². The number of Topliss-reactive ketones (excluding diaryl/α,β-unsaturated/α-hetero) is 1. The predicted octanol–water partition coefficient (Wildman–Crippen LogP) is 3.44. The second kappa shape index (κ2) is 5.65. The summed E-state index contributed by atoms with van der Waals surface area (Å²) in [6.07, 6.45) is 4.98. The lowest BCUT2D eigenvalue weighted by Crippen LogP contribution is -2.25. The van der Waals surface area contributed by atoms with E-state index in [1.165, 1.54) is 18.4 Å². The van der Waals surface area contributed by atoms with Gasteiger partial charge in [-0.1, -0.05) is 18.9 Å². The Balaban J connectivity index is 2.06. The van der Waals surface area contributed by atoms with E-state index in [4.69, 9.17) is 4.74 Å². The third-order valence-electron chi connectivity index (χ3n) is 3.74. The highest BCUT2D eigenvalue weighted by Crippen LogP contribution is 2.45. The van der Waals surface area contributed by atoms with Crippen LogP contribution in [-0.4, -0.2) is 18.9 Å². The maximum absolute atomic E-state index is 12.2. The van der Waals surface area contributed by atoms with Crippen LogP contribution in [-0.2, 0) is 9.53 Å². The van der Waals surface area contributed by atoms with Crippen molar-refractivity contribution < 1.29 is 14.3 Å². The number of ketones is 1. The van der Waals surface area contributed by atoms with Crippen molar-refractivity contribution in [2.75, 3.05) is 7.11 Å². The zero-order valence-electron chi connectivity index (χ0n) is 10.6. The number of methoxy groups -OCH3 is 1. The first kappa shape index (κ1) is 13.3. The second-order valence-electron chi connectivity index (χ2n) is 5.04. The Hall–Kier alpha value is -1.16. The van der Waals surface area contributed by atoms with Gasteiger partial charge in [-0.2, -0.15) is 0 Å². The first-order chi connectivity index (χ1) is 8.65. The number of thiophene rings is 1. The minimum absolute atomic E-state index is 0.159. The molecule has 1 saturated carbocycles. The van der Waals surface area contributed by atoms with Crippen molar-refractivity contribution in [2.24, 2.45) is 5.41 Å². The predicted molar refractivity (Wildman–Crippen MR) is 70.8 cm³/mol. The van der Waals surface area contributed by atoms with E-state index < -0.39 is 0 Å². The molecule has 0 unspecified atom stereocenters. The summed E-state index contributed by atoms with van der Waals surface area (Å²) in [7, 11) is 1.41. The summed E-state index contributed by atoms with van der Waals surface area (Å²) in [4.78, 5) is 24.5. The van der Waals surface area contributed by atoms with E-state index in [9.17, 15) is 9.59 Å². The summed E-state index contributed by atoms with van der Waals surface area (Å²) in [5.74, 6) is -0.0355. The van der Waals surface area contributed by atoms with Crippen LogP contribution in [0, 0.1) is 5.41 Å². The van der Waals surface area contributed by atoms with Gasteiger partial charge in [0.05, 0.1) is 18.4 Å². The molecule has 1 aliphatic carbocycles. The molecule has 0 aliphatic heterocycles. The van der Waals surface area contributed by atoms with E-state index in [0.29, 0.717) is 12.8 Å². The number of hydrogen-bond acceptors (Lipinski definition) is 4. The Morgan fingerprint density at radius 1 is 1.33 bits per heavy atom. The Labute approximate surface area is 111 Å². The minimum atomic E-state index is -0.198. The van der Waals surface area contributed by atoms with Crippen LogP contribution >= 0.6 is 11.3 Å². The molecule has 1 aliphatic rings. The van der Waals surface area contributed by atoms with Crippen LogP contribution in [0.3, 0.4) is 0 Å². The summed E-state index contributed by atoms with van der Waals surface area (Å²) in [5.41, 5.74) is -0.159. The SMILES string of the molecule is COC(=O)CC1(CC(=O)c2cccs2)CCCC1. The van der Waals surface area contributed by atoms with Crippen molar-refractivity contribution in [3.8, 4) is 0 Å². The number of carbonyl (C=O) groups is 2. The average molecular weight is 266 g/mol. The first-order valence-corrected chi connectivity index (χ1v) is 7.17. The smallest absolute Gasteiger partial charge is 0.306 e. The number of hydrogen-bond donors (Lipinski definition) is 0. The van der Waals surface area contributed by atoms with Gasteiger partial charge in [-0.05, 0) is 29.7 Å². The molecule has 0 saturated heterocycles. The summed E-state index contributed by atoms with van der Waals surface area (Å²) in [5, 5.41) is 1.91. The summed E-state index contributed by atoms with van der Waals surface area (Å²) in [6.45, 7) is 0. The standard InChI is InChI=1S/C14H18O3S/c1-17-13(16)10-14(6-2-3-7-14)9-11(15)12-5-4-8-18-12/h4-5,8H,2-3,6-7,9-10H2,1H3. The monoisotopic (exact) mass is 266 g/mol. The maximum atomic E-state index is 12.2. The van der Waals surface area contributed by atoms with Crippen molar-refractivity contribution in [3.63, 3.8) is 0 Å².